The van der Waals surface area contributed by atoms with Gasteiger partial charge in [0.25, 0.3) is 0 Å². The third kappa shape index (κ3) is 2.26. The van der Waals surface area contributed by atoms with E-state index in [1.165, 1.54) is 19.3 Å². The maximum atomic E-state index is 4.55. The van der Waals surface area contributed by atoms with Gasteiger partial charge in [-0.2, -0.15) is 4.98 Å². The molecule has 4 heteroatoms. The molecule has 1 aromatic heterocycles. The highest BCUT2D eigenvalue weighted by molar-refractivity contribution is 5.44. The lowest BCUT2D eigenvalue weighted by molar-refractivity contribution is 0.640. The first-order chi connectivity index (χ1) is 7.85. The molecule has 0 aliphatic carbocycles. The third-order valence-corrected chi connectivity index (χ3v) is 3.12. The lowest BCUT2D eigenvalue weighted by atomic mass is 10.2. The van der Waals surface area contributed by atoms with Gasteiger partial charge in [0.1, 0.15) is 5.82 Å². The molecule has 1 aromatic rings. The van der Waals surface area contributed by atoms with Crippen molar-refractivity contribution in [3.05, 3.63) is 12.3 Å². The maximum Gasteiger partial charge on any atom is 0.224 e. The van der Waals surface area contributed by atoms with Gasteiger partial charge in [0.2, 0.25) is 5.95 Å². The average Bonchev–Trinajstić information content (AvgIpc) is 2.78. The van der Waals surface area contributed by atoms with Crippen molar-refractivity contribution in [1.82, 2.24) is 9.97 Å². The second-order valence-corrected chi connectivity index (χ2v) is 4.17. The number of nitrogens with zero attached hydrogens (tertiary/aromatic N) is 3. The predicted molar refractivity (Wildman–Crippen MR) is 66.9 cm³/mol. The van der Waals surface area contributed by atoms with E-state index < -0.39 is 0 Å². The largest absolute Gasteiger partial charge is 0.354 e. The van der Waals surface area contributed by atoms with E-state index in [1.807, 2.05) is 12.3 Å². The number of rotatable bonds is 4. The minimum atomic E-state index is 0.657. The molecule has 1 aliphatic heterocycles. The van der Waals surface area contributed by atoms with Crippen molar-refractivity contribution in [2.24, 2.45) is 0 Å². The van der Waals surface area contributed by atoms with E-state index in [0.29, 0.717) is 6.04 Å². The van der Waals surface area contributed by atoms with Crippen molar-refractivity contribution in [1.29, 1.82) is 0 Å². The van der Waals surface area contributed by atoms with Gasteiger partial charge in [-0.25, -0.2) is 4.98 Å². The molecular formula is C12H20N4. The minimum absolute atomic E-state index is 0.657. The van der Waals surface area contributed by atoms with Crippen LogP contribution < -0.4 is 10.2 Å². The third-order valence-electron chi connectivity index (χ3n) is 3.12. The molecule has 0 bridgehead atoms. The van der Waals surface area contributed by atoms with E-state index in [2.05, 4.69) is 34.0 Å². The molecule has 1 saturated heterocycles. The molecular weight excluding hydrogens is 200 g/mol. The van der Waals surface area contributed by atoms with Crippen LogP contribution >= 0.6 is 0 Å². The quantitative estimate of drug-likeness (QED) is 0.845. The molecule has 4 nitrogen and oxygen atoms in total. The molecule has 88 valence electrons. The lowest BCUT2D eigenvalue weighted by Crippen LogP contribution is -2.29. The van der Waals surface area contributed by atoms with Crippen molar-refractivity contribution in [2.45, 2.75) is 39.2 Å². The Kier molecular flexibility index (Phi) is 3.59. The molecule has 1 fully saturated rings. The maximum absolute atomic E-state index is 4.55. The van der Waals surface area contributed by atoms with Crippen molar-refractivity contribution in [2.75, 3.05) is 23.3 Å². The Morgan fingerprint density at radius 3 is 3.12 bits per heavy atom. The van der Waals surface area contributed by atoms with Crippen LogP contribution in [0.25, 0.3) is 0 Å². The number of anilines is 2. The molecule has 0 amide bonds. The molecule has 0 radical (unpaired) electrons. The lowest BCUT2D eigenvalue weighted by Gasteiger charge is -2.24. The van der Waals surface area contributed by atoms with Crippen LogP contribution in [0.5, 0.6) is 0 Å². The Morgan fingerprint density at radius 1 is 1.50 bits per heavy atom. The average molecular weight is 220 g/mol. The first-order valence-electron chi connectivity index (χ1n) is 6.18. The zero-order valence-electron chi connectivity index (χ0n) is 10.1. The van der Waals surface area contributed by atoms with E-state index in [9.17, 15) is 0 Å². The summed E-state index contributed by atoms with van der Waals surface area (Å²) < 4.78 is 0. The topological polar surface area (TPSA) is 41.1 Å². The van der Waals surface area contributed by atoms with Crippen molar-refractivity contribution in [3.8, 4) is 0 Å². The Hall–Kier alpha value is -1.32. The van der Waals surface area contributed by atoms with Gasteiger partial charge in [-0.1, -0.05) is 6.92 Å². The van der Waals surface area contributed by atoms with E-state index in [0.717, 1.165) is 24.9 Å². The molecule has 0 saturated carbocycles. The highest BCUT2D eigenvalue weighted by Gasteiger charge is 2.24. The first-order valence-corrected chi connectivity index (χ1v) is 6.18. The molecule has 0 aromatic carbocycles. The first kappa shape index (κ1) is 11.2. The second kappa shape index (κ2) is 5.14. The summed E-state index contributed by atoms with van der Waals surface area (Å²) in [4.78, 5) is 11.2. The zero-order chi connectivity index (χ0) is 11.4. The van der Waals surface area contributed by atoms with Gasteiger partial charge in [-0.3, -0.25) is 0 Å². The number of aromatic nitrogens is 2. The minimum Gasteiger partial charge on any atom is -0.354 e. The van der Waals surface area contributed by atoms with Gasteiger partial charge < -0.3 is 10.2 Å². The summed E-state index contributed by atoms with van der Waals surface area (Å²) >= 11 is 0. The van der Waals surface area contributed by atoms with Gasteiger partial charge >= 0.3 is 0 Å². The molecule has 1 N–H and O–H groups in total. The van der Waals surface area contributed by atoms with E-state index in [-0.39, 0.29) is 0 Å². The van der Waals surface area contributed by atoms with Crippen LogP contribution in [0.1, 0.15) is 33.1 Å². The standard InChI is InChI=1S/C12H20N4/c1-3-10-6-5-9-16(10)11-7-8-14-12(15-11)13-4-2/h7-8,10H,3-6,9H2,1-2H3,(H,13,14,15). The van der Waals surface area contributed by atoms with Crippen molar-refractivity contribution in [3.63, 3.8) is 0 Å². The van der Waals surface area contributed by atoms with Crippen LogP contribution in [-0.4, -0.2) is 29.1 Å². The fourth-order valence-electron chi connectivity index (χ4n) is 2.31. The van der Waals surface area contributed by atoms with E-state index in [4.69, 9.17) is 0 Å². The normalized spacial score (nSPS) is 20.1. The van der Waals surface area contributed by atoms with Crippen LogP contribution in [0.15, 0.2) is 12.3 Å². The number of nitrogens with one attached hydrogen (secondary N) is 1. The number of hydrogen-bond donors (Lipinski definition) is 1. The smallest absolute Gasteiger partial charge is 0.224 e. The number of hydrogen-bond acceptors (Lipinski definition) is 4. The summed E-state index contributed by atoms with van der Waals surface area (Å²) in [5.74, 6) is 1.80. The Bertz CT molecular complexity index is 340. The van der Waals surface area contributed by atoms with Crippen LogP contribution in [0.3, 0.4) is 0 Å². The highest BCUT2D eigenvalue weighted by Crippen LogP contribution is 2.25. The molecule has 2 heterocycles. The zero-order valence-corrected chi connectivity index (χ0v) is 10.1. The summed E-state index contributed by atoms with van der Waals surface area (Å²) in [5.41, 5.74) is 0. The summed E-state index contributed by atoms with van der Waals surface area (Å²) in [7, 11) is 0. The van der Waals surface area contributed by atoms with Gasteiger partial charge in [-0.15, -0.1) is 0 Å². The van der Waals surface area contributed by atoms with Gasteiger partial charge in [0, 0.05) is 25.3 Å². The summed E-state index contributed by atoms with van der Waals surface area (Å²) in [6, 6.07) is 2.67. The van der Waals surface area contributed by atoms with Crippen LogP contribution in [0.2, 0.25) is 0 Å². The fraction of sp³-hybridized carbons (Fsp3) is 0.667. The van der Waals surface area contributed by atoms with E-state index >= 15 is 0 Å². The molecule has 1 atom stereocenters. The molecule has 1 aliphatic rings. The Balaban J connectivity index is 2.16. The van der Waals surface area contributed by atoms with Gasteiger partial charge in [-0.05, 0) is 32.3 Å². The Morgan fingerprint density at radius 2 is 2.38 bits per heavy atom. The molecule has 16 heavy (non-hydrogen) atoms. The second-order valence-electron chi connectivity index (χ2n) is 4.17. The molecule has 1 unspecified atom stereocenters. The predicted octanol–water partition coefficient (Wildman–Crippen LogP) is 2.29. The SMILES string of the molecule is CCNc1nccc(N2CCCC2CC)n1. The monoisotopic (exact) mass is 220 g/mol. The van der Waals surface area contributed by atoms with Gasteiger partial charge in [0.05, 0.1) is 0 Å². The van der Waals surface area contributed by atoms with Crippen molar-refractivity contribution < 1.29 is 0 Å². The Labute approximate surface area is 97.1 Å². The molecule has 0 spiro atoms. The highest BCUT2D eigenvalue weighted by atomic mass is 15.3. The van der Waals surface area contributed by atoms with Crippen molar-refractivity contribution >= 4 is 11.8 Å². The summed E-state index contributed by atoms with van der Waals surface area (Å²) in [6.45, 7) is 6.29. The summed E-state index contributed by atoms with van der Waals surface area (Å²) in [5, 5.41) is 3.16. The fourth-order valence-corrected chi connectivity index (χ4v) is 2.31. The van der Waals surface area contributed by atoms with Gasteiger partial charge in [0.15, 0.2) is 0 Å². The van der Waals surface area contributed by atoms with Crippen LogP contribution in [0.4, 0.5) is 11.8 Å². The van der Waals surface area contributed by atoms with Crippen LogP contribution in [0, 0.1) is 0 Å². The molecule has 2 rings (SSSR count). The van der Waals surface area contributed by atoms with Crippen LogP contribution in [-0.2, 0) is 0 Å². The summed E-state index contributed by atoms with van der Waals surface area (Å²) in [6.07, 6.45) is 5.60. The van der Waals surface area contributed by atoms with E-state index in [1.54, 1.807) is 0 Å².